The summed E-state index contributed by atoms with van der Waals surface area (Å²) in [6.45, 7) is 7.05. The van der Waals surface area contributed by atoms with Gasteiger partial charge >= 0.3 is 0 Å². The first-order valence-electron chi connectivity index (χ1n) is 12.7. The molecular weight excluding hydrogens is 455 g/mol. The molecule has 2 aromatic carbocycles. The van der Waals surface area contributed by atoms with E-state index in [0.717, 1.165) is 79.9 Å². The normalized spacial score (nSPS) is 18.7. The standard InChI is InChI=1S/C29H31FN4S/c1-20-7-12-24-25(17-20)35-29-27(24)28(31-26(32-29)18-21-5-3-2-4-6-21)34-15-13-33(14-16-34)19-22-8-10-23(30)11-9-22/h2-6,8-11,20H,7,12-19H2,1H3/t20-/m0/s1. The lowest BCUT2D eigenvalue weighted by Crippen LogP contribution is -2.46. The fourth-order valence-electron chi connectivity index (χ4n) is 5.42. The number of aryl methyl sites for hydroxylation is 1. The second-order valence-corrected chi connectivity index (χ2v) is 11.1. The van der Waals surface area contributed by atoms with Crippen LogP contribution < -0.4 is 4.90 Å². The summed E-state index contributed by atoms with van der Waals surface area (Å²) in [6.07, 6.45) is 4.30. The van der Waals surface area contributed by atoms with Crippen LogP contribution in [0.2, 0.25) is 0 Å². The summed E-state index contributed by atoms with van der Waals surface area (Å²) in [5.41, 5.74) is 3.91. The summed E-state index contributed by atoms with van der Waals surface area (Å²) in [6, 6.07) is 17.4. The van der Waals surface area contributed by atoms with E-state index in [0.29, 0.717) is 0 Å². The number of aromatic nitrogens is 2. The van der Waals surface area contributed by atoms with Crippen LogP contribution in [0.15, 0.2) is 54.6 Å². The molecule has 1 aliphatic carbocycles. The molecule has 1 aliphatic heterocycles. The number of piperazine rings is 1. The molecular formula is C29H31FN4S. The summed E-state index contributed by atoms with van der Waals surface area (Å²) in [7, 11) is 0. The van der Waals surface area contributed by atoms with Crippen molar-refractivity contribution in [2.45, 2.75) is 39.2 Å². The van der Waals surface area contributed by atoms with Gasteiger partial charge in [0.05, 0.1) is 5.39 Å². The van der Waals surface area contributed by atoms with E-state index in [4.69, 9.17) is 9.97 Å². The Morgan fingerprint density at radius 3 is 2.49 bits per heavy atom. The molecule has 180 valence electrons. The molecule has 0 N–H and O–H groups in total. The van der Waals surface area contributed by atoms with Gasteiger partial charge < -0.3 is 4.90 Å². The molecule has 4 nitrogen and oxygen atoms in total. The predicted molar refractivity (Wildman–Crippen MR) is 142 cm³/mol. The minimum Gasteiger partial charge on any atom is -0.353 e. The molecule has 35 heavy (non-hydrogen) atoms. The Kier molecular flexibility index (Phi) is 6.25. The lowest BCUT2D eigenvalue weighted by atomic mass is 9.89. The van der Waals surface area contributed by atoms with E-state index >= 15 is 0 Å². The Hall–Kier alpha value is -2.83. The van der Waals surface area contributed by atoms with Crippen molar-refractivity contribution in [1.29, 1.82) is 0 Å². The summed E-state index contributed by atoms with van der Waals surface area (Å²) in [5.74, 6) is 2.62. The van der Waals surface area contributed by atoms with Crippen molar-refractivity contribution in [3.05, 3.63) is 87.8 Å². The molecule has 3 heterocycles. The van der Waals surface area contributed by atoms with E-state index in [2.05, 4.69) is 47.1 Å². The molecule has 1 atom stereocenters. The van der Waals surface area contributed by atoms with Gasteiger partial charge in [0, 0.05) is 44.0 Å². The fourth-order valence-corrected chi connectivity index (χ4v) is 6.81. The number of halogens is 1. The van der Waals surface area contributed by atoms with Crippen molar-refractivity contribution in [3.8, 4) is 0 Å². The van der Waals surface area contributed by atoms with Gasteiger partial charge in [-0.05, 0) is 54.0 Å². The molecule has 0 bridgehead atoms. The van der Waals surface area contributed by atoms with E-state index < -0.39 is 0 Å². The molecule has 1 saturated heterocycles. The predicted octanol–water partition coefficient (Wildman–Crippen LogP) is 5.87. The van der Waals surface area contributed by atoms with Crippen molar-refractivity contribution in [1.82, 2.24) is 14.9 Å². The maximum Gasteiger partial charge on any atom is 0.141 e. The molecule has 6 rings (SSSR count). The third-order valence-corrected chi connectivity index (χ3v) is 8.53. The number of fused-ring (bicyclic) bond motifs is 3. The highest BCUT2D eigenvalue weighted by molar-refractivity contribution is 7.19. The molecule has 1 fully saturated rings. The Morgan fingerprint density at radius 2 is 1.71 bits per heavy atom. The third kappa shape index (κ3) is 4.82. The molecule has 0 amide bonds. The highest BCUT2D eigenvalue weighted by atomic mass is 32.1. The Morgan fingerprint density at radius 1 is 0.943 bits per heavy atom. The van der Waals surface area contributed by atoms with E-state index in [1.54, 1.807) is 12.1 Å². The van der Waals surface area contributed by atoms with Crippen molar-refractivity contribution in [2.75, 3.05) is 31.1 Å². The van der Waals surface area contributed by atoms with Gasteiger partial charge in [-0.3, -0.25) is 4.90 Å². The highest BCUT2D eigenvalue weighted by Gasteiger charge is 2.27. The van der Waals surface area contributed by atoms with Crippen LogP contribution in [-0.2, 0) is 25.8 Å². The Bertz CT molecular complexity index is 1310. The molecule has 4 aromatic rings. The van der Waals surface area contributed by atoms with E-state index in [9.17, 15) is 4.39 Å². The van der Waals surface area contributed by atoms with Gasteiger partial charge in [-0.2, -0.15) is 0 Å². The number of benzene rings is 2. The van der Waals surface area contributed by atoms with Crippen molar-refractivity contribution >= 4 is 27.4 Å². The van der Waals surface area contributed by atoms with Crippen LogP contribution >= 0.6 is 11.3 Å². The SMILES string of the molecule is C[C@H]1CCc2c(sc3nc(Cc4ccccc4)nc(N4CCN(Cc5ccc(F)cc5)CC4)c23)C1. The number of anilines is 1. The van der Waals surface area contributed by atoms with Gasteiger partial charge in [0.1, 0.15) is 22.3 Å². The second kappa shape index (κ2) is 9.67. The smallest absolute Gasteiger partial charge is 0.141 e. The lowest BCUT2D eigenvalue weighted by molar-refractivity contribution is 0.249. The zero-order valence-electron chi connectivity index (χ0n) is 20.2. The first-order chi connectivity index (χ1) is 17.1. The third-order valence-electron chi connectivity index (χ3n) is 7.38. The Labute approximate surface area is 210 Å². The average Bonchev–Trinajstić information content (AvgIpc) is 3.23. The van der Waals surface area contributed by atoms with Gasteiger partial charge in [0.2, 0.25) is 0 Å². The van der Waals surface area contributed by atoms with E-state index in [1.165, 1.54) is 27.8 Å². The fraction of sp³-hybridized carbons (Fsp3) is 0.379. The number of nitrogens with zero attached hydrogens (tertiary/aromatic N) is 4. The molecule has 6 heteroatoms. The molecule has 0 saturated carbocycles. The quantitative estimate of drug-likeness (QED) is 0.353. The van der Waals surface area contributed by atoms with Crippen LogP contribution in [0.1, 0.15) is 40.7 Å². The van der Waals surface area contributed by atoms with Crippen LogP contribution in [0.3, 0.4) is 0 Å². The summed E-state index contributed by atoms with van der Waals surface area (Å²) in [4.78, 5) is 17.9. The summed E-state index contributed by atoms with van der Waals surface area (Å²) in [5, 5.41) is 1.31. The van der Waals surface area contributed by atoms with Gasteiger partial charge in [0.25, 0.3) is 0 Å². The van der Waals surface area contributed by atoms with Gasteiger partial charge in [-0.1, -0.05) is 49.4 Å². The van der Waals surface area contributed by atoms with Crippen LogP contribution in [0.5, 0.6) is 0 Å². The molecule has 0 spiro atoms. The van der Waals surface area contributed by atoms with Gasteiger partial charge in [0.15, 0.2) is 0 Å². The van der Waals surface area contributed by atoms with E-state index in [-0.39, 0.29) is 5.82 Å². The number of hydrogen-bond donors (Lipinski definition) is 0. The maximum absolute atomic E-state index is 13.3. The number of thiophene rings is 1. The van der Waals surface area contributed by atoms with Crippen LogP contribution in [0.4, 0.5) is 10.2 Å². The lowest BCUT2D eigenvalue weighted by Gasteiger charge is -2.36. The minimum absolute atomic E-state index is 0.175. The summed E-state index contributed by atoms with van der Waals surface area (Å²) >= 11 is 1.89. The topological polar surface area (TPSA) is 32.3 Å². The highest BCUT2D eigenvalue weighted by Crippen LogP contribution is 2.41. The van der Waals surface area contributed by atoms with Crippen LogP contribution in [0, 0.1) is 11.7 Å². The van der Waals surface area contributed by atoms with Gasteiger partial charge in [-0.25, -0.2) is 14.4 Å². The average molecular weight is 487 g/mol. The number of rotatable bonds is 5. The largest absolute Gasteiger partial charge is 0.353 e. The van der Waals surface area contributed by atoms with Crippen molar-refractivity contribution in [2.24, 2.45) is 5.92 Å². The molecule has 0 radical (unpaired) electrons. The maximum atomic E-state index is 13.3. The van der Waals surface area contributed by atoms with Crippen molar-refractivity contribution < 1.29 is 4.39 Å². The number of hydrogen-bond acceptors (Lipinski definition) is 5. The Balaban J connectivity index is 1.29. The molecule has 0 unspecified atom stereocenters. The van der Waals surface area contributed by atoms with Gasteiger partial charge in [-0.15, -0.1) is 11.3 Å². The van der Waals surface area contributed by atoms with Crippen LogP contribution in [0.25, 0.3) is 10.2 Å². The van der Waals surface area contributed by atoms with Crippen molar-refractivity contribution in [3.63, 3.8) is 0 Å². The molecule has 2 aromatic heterocycles. The first kappa shape index (κ1) is 22.6. The first-order valence-corrected chi connectivity index (χ1v) is 13.5. The monoisotopic (exact) mass is 486 g/mol. The second-order valence-electron chi connectivity index (χ2n) is 10.0. The zero-order chi connectivity index (χ0) is 23.8. The van der Waals surface area contributed by atoms with Crippen LogP contribution in [-0.4, -0.2) is 41.0 Å². The zero-order valence-corrected chi connectivity index (χ0v) is 21.0. The van der Waals surface area contributed by atoms with E-state index in [1.807, 2.05) is 23.5 Å². The minimum atomic E-state index is -0.175. The summed E-state index contributed by atoms with van der Waals surface area (Å²) < 4.78 is 13.3. The molecule has 2 aliphatic rings.